The number of methoxy groups -OCH3 is 1. The lowest BCUT2D eigenvalue weighted by molar-refractivity contribution is 0.0595. The predicted molar refractivity (Wildman–Crippen MR) is 81.1 cm³/mol. The molecular formula is C14H18BF3NO4-. The molecule has 0 radical (unpaired) electrons. The van der Waals surface area contributed by atoms with Crippen molar-refractivity contribution in [2.45, 2.75) is 33.3 Å². The van der Waals surface area contributed by atoms with Gasteiger partial charge in [0.2, 0.25) is 0 Å². The van der Waals surface area contributed by atoms with Crippen LogP contribution in [-0.4, -0.2) is 31.8 Å². The Morgan fingerprint density at radius 3 is 2.17 bits per heavy atom. The molecule has 23 heavy (non-hydrogen) atoms. The molecule has 0 saturated heterocycles. The van der Waals surface area contributed by atoms with Crippen LogP contribution in [0, 0.1) is 6.92 Å². The van der Waals surface area contributed by atoms with E-state index in [9.17, 15) is 22.5 Å². The van der Waals surface area contributed by atoms with Crippen LogP contribution in [0.2, 0.25) is 0 Å². The summed E-state index contributed by atoms with van der Waals surface area (Å²) in [5, 5.41) is 2.20. The summed E-state index contributed by atoms with van der Waals surface area (Å²) in [6.07, 6.45) is -0.919. The minimum atomic E-state index is -5.36. The topological polar surface area (TPSA) is 64.6 Å². The lowest BCUT2D eigenvalue weighted by atomic mass is 9.75. The summed E-state index contributed by atoms with van der Waals surface area (Å²) in [4.78, 5) is 23.4. The van der Waals surface area contributed by atoms with Crippen LogP contribution < -0.4 is 10.8 Å². The summed E-state index contributed by atoms with van der Waals surface area (Å²) in [6.45, 7) is 0.662. The molecule has 1 aromatic rings. The Hall–Kier alpha value is -2.19. The van der Waals surface area contributed by atoms with Gasteiger partial charge in [-0.1, -0.05) is 11.6 Å². The maximum absolute atomic E-state index is 13.2. The zero-order valence-corrected chi connectivity index (χ0v) is 13.5. The van der Waals surface area contributed by atoms with E-state index in [0.717, 1.165) is 19.2 Å². The molecule has 0 heterocycles. The summed E-state index contributed by atoms with van der Waals surface area (Å²) in [5.74, 6) is -0.920. The lowest BCUT2D eigenvalue weighted by Crippen LogP contribution is -2.38. The van der Waals surface area contributed by atoms with E-state index < -0.39 is 30.1 Å². The Labute approximate surface area is 132 Å². The molecule has 0 aliphatic rings. The van der Waals surface area contributed by atoms with Crippen LogP contribution in [-0.2, 0) is 9.47 Å². The fourth-order valence-corrected chi connectivity index (χ4v) is 1.89. The SMILES string of the molecule is COC(=O)c1cc(NC(=O)OC(C)(C)C)cc([B-](F)(F)F)c1C. The Balaban J connectivity index is 3.28. The van der Waals surface area contributed by atoms with Gasteiger partial charge in [0.25, 0.3) is 0 Å². The van der Waals surface area contributed by atoms with Gasteiger partial charge in [-0.05, 0) is 33.8 Å². The van der Waals surface area contributed by atoms with Crippen molar-refractivity contribution in [3.8, 4) is 0 Å². The Bertz CT molecular complexity index is 624. The van der Waals surface area contributed by atoms with Gasteiger partial charge in [0.15, 0.2) is 0 Å². The summed E-state index contributed by atoms with van der Waals surface area (Å²) >= 11 is 0. The molecule has 1 aromatic carbocycles. The van der Waals surface area contributed by atoms with Gasteiger partial charge in [-0.25, -0.2) is 9.59 Å². The third-order valence-corrected chi connectivity index (χ3v) is 2.85. The lowest BCUT2D eigenvalue weighted by Gasteiger charge is -2.23. The fraction of sp³-hybridized carbons (Fsp3) is 0.429. The second-order valence-electron chi connectivity index (χ2n) is 5.93. The molecule has 0 aliphatic carbocycles. The third-order valence-electron chi connectivity index (χ3n) is 2.85. The molecular weight excluding hydrogens is 314 g/mol. The molecule has 0 fully saturated rings. The fourth-order valence-electron chi connectivity index (χ4n) is 1.89. The first kappa shape index (κ1) is 18.9. The van der Waals surface area contributed by atoms with Gasteiger partial charge >= 0.3 is 19.0 Å². The van der Waals surface area contributed by atoms with Crippen molar-refractivity contribution in [1.82, 2.24) is 0 Å². The largest absolute Gasteiger partial charge is 0.509 e. The number of halogens is 3. The number of rotatable bonds is 3. The highest BCUT2D eigenvalue weighted by Crippen LogP contribution is 2.21. The minimum absolute atomic E-state index is 0.195. The molecule has 1 N–H and O–H groups in total. The Kier molecular flexibility index (Phi) is 5.34. The quantitative estimate of drug-likeness (QED) is 0.682. The van der Waals surface area contributed by atoms with E-state index in [1.807, 2.05) is 0 Å². The molecule has 0 unspecified atom stereocenters. The second-order valence-corrected chi connectivity index (χ2v) is 5.93. The molecule has 5 nitrogen and oxygen atoms in total. The molecule has 0 spiro atoms. The molecule has 0 aromatic heterocycles. The molecule has 1 amide bonds. The average Bonchev–Trinajstić information content (AvgIpc) is 2.36. The van der Waals surface area contributed by atoms with Crippen LogP contribution in [0.1, 0.15) is 36.7 Å². The molecule has 0 aliphatic heterocycles. The summed E-state index contributed by atoms with van der Waals surface area (Å²) in [6, 6.07) is 1.89. The number of carbonyl (C=O) groups is 2. The van der Waals surface area contributed by atoms with E-state index >= 15 is 0 Å². The predicted octanol–water partition coefficient (Wildman–Crippen LogP) is 3.18. The van der Waals surface area contributed by atoms with Crippen molar-refractivity contribution in [2.75, 3.05) is 12.4 Å². The zero-order chi connectivity index (χ0) is 18.0. The number of hydrogen-bond acceptors (Lipinski definition) is 4. The average molecular weight is 332 g/mol. The highest BCUT2D eigenvalue weighted by Gasteiger charge is 2.30. The number of nitrogens with one attached hydrogen (secondary N) is 1. The van der Waals surface area contributed by atoms with Gasteiger partial charge in [0.05, 0.1) is 12.7 Å². The van der Waals surface area contributed by atoms with Gasteiger partial charge in [-0.2, -0.15) is 0 Å². The molecule has 1 rings (SSSR count). The first-order valence-electron chi connectivity index (χ1n) is 6.78. The van der Waals surface area contributed by atoms with Gasteiger partial charge in [0.1, 0.15) is 5.60 Å². The number of hydrogen-bond donors (Lipinski definition) is 1. The first-order chi connectivity index (χ1) is 10.3. The number of esters is 1. The van der Waals surface area contributed by atoms with Crippen LogP contribution in [0.3, 0.4) is 0 Å². The number of amides is 1. The van der Waals surface area contributed by atoms with Crippen molar-refractivity contribution in [3.63, 3.8) is 0 Å². The maximum atomic E-state index is 13.2. The van der Waals surface area contributed by atoms with E-state index in [2.05, 4.69) is 10.1 Å². The Morgan fingerprint density at radius 2 is 1.74 bits per heavy atom. The van der Waals surface area contributed by atoms with Crippen LogP contribution in [0.4, 0.5) is 23.4 Å². The first-order valence-corrected chi connectivity index (χ1v) is 6.78. The monoisotopic (exact) mass is 332 g/mol. The minimum Gasteiger partial charge on any atom is -0.465 e. The van der Waals surface area contributed by atoms with E-state index in [4.69, 9.17) is 4.74 Å². The molecule has 0 saturated carbocycles. The van der Waals surface area contributed by atoms with E-state index in [0.29, 0.717) is 0 Å². The third kappa shape index (κ3) is 5.19. The van der Waals surface area contributed by atoms with Crippen LogP contribution in [0.25, 0.3) is 0 Å². The van der Waals surface area contributed by atoms with Gasteiger partial charge < -0.3 is 22.4 Å². The van der Waals surface area contributed by atoms with Crippen LogP contribution in [0.15, 0.2) is 12.1 Å². The smallest absolute Gasteiger partial charge is 0.465 e. The van der Waals surface area contributed by atoms with E-state index in [1.165, 1.54) is 6.92 Å². The molecule has 128 valence electrons. The highest BCUT2D eigenvalue weighted by molar-refractivity contribution is 6.74. The molecule has 0 atom stereocenters. The number of ether oxygens (including phenoxy) is 2. The van der Waals surface area contributed by atoms with E-state index in [1.54, 1.807) is 20.8 Å². The van der Waals surface area contributed by atoms with Gasteiger partial charge in [-0.3, -0.25) is 5.32 Å². The second kappa shape index (κ2) is 6.51. The number of anilines is 1. The summed E-state index contributed by atoms with van der Waals surface area (Å²) < 4.78 is 48.9. The van der Waals surface area contributed by atoms with Crippen LogP contribution in [0.5, 0.6) is 0 Å². The van der Waals surface area contributed by atoms with Crippen molar-refractivity contribution in [3.05, 3.63) is 23.3 Å². The van der Waals surface area contributed by atoms with Crippen molar-refractivity contribution in [1.29, 1.82) is 0 Å². The summed E-state index contributed by atoms with van der Waals surface area (Å²) in [7, 11) is 1.06. The normalized spacial score (nSPS) is 11.8. The molecule has 9 heteroatoms. The maximum Gasteiger partial charge on any atom is 0.509 e. The highest BCUT2D eigenvalue weighted by atomic mass is 19.4. The van der Waals surface area contributed by atoms with Crippen LogP contribution >= 0.6 is 0 Å². The van der Waals surface area contributed by atoms with Crippen molar-refractivity contribution < 1.29 is 32.0 Å². The zero-order valence-electron chi connectivity index (χ0n) is 13.5. The van der Waals surface area contributed by atoms with E-state index in [-0.39, 0.29) is 16.8 Å². The molecule has 0 bridgehead atoms. The standard InChI is InChI=1S/C14H18BF3NO4/c1-8-10(12(20)22-5)6-9(7-11(8)15(16,17)18)19-13(21)23-14(2,3)4/h6-7H,1-5H3,(H,19,21)/q-1. The van der Waals surface area contributed by atoms with Crippen molar-refractivity contribution >= 4 is 30.2 Å². The summed E-state index contributed by atoms with van der Waals surface area (Å²) in [5.41, 5.74) is -2.50. The van der Waals surface area contributed by atoms with Gasteiger partial charge in [-0.15, -0.1) is 5.46 Å². The van der Waals surface area contributed by atoms with Crippen molar-refractivity contribution in [2.24, 2.45) is 0 Å². The Morgan fingerprint density at radius 1 is 1.17 bits per heavy atom. The number of benzene rings is 1. The van der Waals surface area contributed by atoms with Gasteiger partial charge in [0, 0.05) is 5.69 Å². The number of carbonyl (C=O) groups excluding carboxylic acids is 2.